The molecule has 2 nitrogen and oxygen atoms in total. The van der Waals surface area contributed by atoms with Crippen molar-refractivity contribution in [3.63, 3.8) is 0 Å². The van der Waals surface area contributed by atoms with Crippen LogP contribution in [0.25, 0.3) is 0 Å². The molecule has 0 aromatic carbocycles. The topological polar surface area (TPSA) is 18.5 Å². The van der Waals surface area contributed by atoms with E-state index in [1.54, 1.807) is 13.2 Å². The Morgan fingerprint density at radius 3 is 2.50 bits per heavy atom. The lowest BCUT2D eigenvalue weighted by atomic mass is 9.63. The van der Waals surface area contributed by atoms with E-state index in [4.69, 9.17) is 9.47 Å². The van der Waals surface area contributed by atoms with Gasteiger partial charge in [0.25, 0.3) is 0 Å². The van der Waals surface area contributed by atoms with Crippen molar-refractivity contribution in [1.82, 2.24) is 0 Å². The third-order valence-corrected chi connectivity index (χ3v) is 3.63. The highest BCUT2D eigenvalue weighted by atomic mass is 19.1. The summed E-state index contributed by atoms with van der Waals surface area (Å²) in [5, 5.41) is 0. The monoisotopic (exact) mass is 200 g/mol. The van der Waals surface area contributed by atoms with Crippen molar-refractivity contribution >= 4 is 0 Å². The predicted molar refractivity (Wildman–Crippen MR) is 51.5 cm³/mol. The van der Waals surface area contributed by atoms with Crippen LogP contribution in [-0.2, 0) is 9.47 Å². The molecular weight excluding hydrogens is 183 g/mol. The van der Waals surface area contributed by atoms with E-state index in [0.717, 1.165) is 25.7 Å². The highest BCUT2D eigenvalue weighted by molar-refractivity contribution is 5.22. The molecule has 3 heteroatoms. The normalized spacial score (nSPS) is 41.2. The molecule has 2 bridgehead atoms. The van der Waals surface area contributed by atoms with Crippen molar-refractivity contribution < 1.29 is 13.9 Å². The zero-order chi connectivity index (χ0) is 10.2. The molecule has 0 aliphatic heterocycles. The second-order valence-corrected chi connectivity index (χ2v) is 4.67. The van der Waals surface area contributed by atoms with Crippen LogP contribution < -0.4 is 0 Å². The molecule has 0 unspecified atom stereocenters. The highest BCUT2D eigenvalue weighted by Crippen LogP contribution is 2.53. The molecule has 0 aromatic rings. The lowest BCUT2D eigenvalue weighted by Crippen LogP contribution is -2.44. The van der Waals surface area contributed by atoms with Crippen LogP contribution in [0.3, 0.4) is 0 Å². The minimum absolute atomic E-state index is 0.00565. The fourth-order valence-electron chi connectivity index (χ4n) is 2.38. The molecule has 3 rings (SSSR count). The SMILES string of the molecule is COCOC12C=C(F)C(C)(CC1)CC2. The van der Waals surface area contributed by atoms with Gasteiger partial charge in [0.05, 0.1) is 5.60 Å². The maximum absolute atomic E-state index is 13.7. The van der Waals surface area contributed by atoms with Gasteiger partial charge in [-0.1, -0.05) is 6.92 Å². The van der Waals surface area contributed by atoms with Crippen molar-refractivity contribution in [3.8, 4) is 0 Å². The van der Waals surface area contributed by atoms with Crippen molar-refractivity contribution in [2.75, 3.05) is 13.9 Å². The minimum atomic E-state index is -0.377. The molecule has 0 atom stereocenters. The van der Waals surface area contributed by atoms with Crippen LogP contribution in [0.1, 0.15) is 32.6 Å². The van der Waals surface area contributed by atoms with Crippen LogP contribution in [-0.4, -0.2) is 19.5 Å². The van der Waals surface area contributed by atoms with Gasteiger partial charge >= 0.3 is 0 Å². The van der Waals surface area contributed by atoms with Gasteiger partial charge in [0.1, 0.15) is 12.6 Å². The second-order valence-electron chi connectivity index (χ2n) is 4.67. The summed E-state index contributed by atoms with van der Waals surface area (Å²) >= 11 is 0. The maximum Gasteiger partial charge on any atom is 0.147 e. The molecule has 0 radical (unpaired) electrons. The summed E-state index contributed by atoms with van der Waals surface area (Å²) in [5.74, 6) is 0.00565. The number of hydrogen-bond acceptors (Lipinski definition) is 2. The lowest BCUT2D eigenvalue weighted by molar-refractivity contribution is -0.139. The molecule has 0 heterocycles. The smallest absolute Gasteiger partial charge is 0.147 e. The van der Waals surface area contributed by atoms with Crippen LogP contribution in [0.4, 0.5) is 4.39 Å². The largest absolute Gasteiger partial charge is 0.359 e. The van der Waals surface area contributed by atoms with Gasteiger partial charge in [-0.2, -0.15) is 0 Å². The number of ether oxygens (including phenoxy) is 2. The average molecular weight is 200 g/mol. The lowest BCUT2D eigenvalue weighted by Gasteiger charge is -2.47. The molecule has 0 spiro atoms. The first-order valence-corrected chi connectivity index (χ1v) is 5.12. The first-order valence-electron chi connectivity index (χ1n) is 5.12. The Morgan fingerprint density at radius 2 is 2.00 bits per heavy atom. The van der Waals surface area contributed by atoms with Crippen molar-refractivity contribution in [1.29, 1.82) is 0 Å². The van der Waals surface area contributed by atoms with E-state index in [-0.39, 0.29) is 23.6 Å². The maximum atomic E-state index is 13.7. The summed E-state index contributed by atoms with van der Waals surface area (Å²) in [6, 6.07) is 0. The molecule has 1 saturated carbocycles. The van der Waals surface area contributed by atoms with Crippen LogP contribution in [0.5, 0.6) is 0 Å². The number of fused-ring (bicyclic) bond motifs is 2. The van der Waals surface area contributed by atoms with Crippen LogP contribution >= 0.6 is 0 Å². The summed E-state index contributed by atoms with van der Waals surface area (Å²) < 4.78 is 24.1. The van der Waals surface area contributed by atoms with Gasteiger partial charge in [-0.3, -0.25) is 0 Å². The summed E-state index contributed by atoms with van der Waals surface area (Å²) in [5.41, 5.74) is -0.587. The second kappa shape index (κ2) is 3.31. The Kier molecular flexibility index (Phi) is 2.40. The standard InChI is InChI=1S/C11H17FO2/c1-10-3-5-11(6-4-10,7-9(10)12)14-8-13-2/h7H,3-6,8H2,1-2H3. The summed E-state index contributed by atoms with van der Waals surface area (Å²) in [6.45, 7) is 2.25. The first kappa shape index (κ1) is 10.1. The van der Waals surface area contributed by atoms with E-state index >= 15 is 0 Å². The molecule has 3 aliphatic carbocycles. The molecule has 1 fully saturated rings. The fourth-order valence-corrected chi connectivity index (χ4v) is 2.38. The van der Waals surface area contributed by atoms with E-state index in [1.165, 1.54) is 0 Å². The Labute approximate surface area is 84.1 Å². The van der Waals surface area contributed by atoms with E-state index in [9.17, 15) is 4.39 Å². The van der Waals surface area contributed by atoms with Gasteiger partial charge in [-0.15, -0.1) is 0 Å². The predicted octanol–water partition coefficient (Wildman–Crippen LogP) is 2.79. The van der Waals surface area contributed by atoms with Gasteiger partial charge in [0, 0.05) is 12.5 Å². The van der Waals surface area contributed by atoms with Crippen LogP contribution in [0, 0.1) is 5.41 Å². The van der Waals surface area contributed by atoms with Crippen LogP contribution in [0.15, 0.2) is 11.9 Å². The Bertz CT molecular complexity index is 252. The number of hydrogen-bond donors (Lipinski definition) is 0. The molecule has 80 valence electrons. The van der Waals surface area contributed by atoms with E-state index in [0.29, 0.717) is 0 Å². The molecule has 14 heavy (non-hydrogen) atoms. The summed E-state index contributed by atoms with van der Waals surface area (Å²) in [7, 11) is 1.59. The zero-order valence-corrected chi connectivity index (χ0v) is 8.81. The van der Waals surface area contributed by atoms with Gasteiger partial charge in [-0.05, 0) is 31.8 Å². The Balaban J connectivity index is 2.16. The highest BCUT2D eigenvalue weighted by Gasteiger charge is 2.48. The van der Waals surface area contributed by atoms with Crippen LogP contribution in [0.2, 0.25) is 0 Å². The summed E-state index contributed by atoms with van der Waals surface area (Å²) in [4.78, 5) is 0. The van der Waals surface area contributed by atoms with Gasteiger partial charge < -0.3 is 9.47 Å². The quantitative estimate of drug-likeness (QED) is 0.652. The molecule has 0 aromatic heterocycles. The van der Waals surface area contributed by atoms with Gasteiger partial charge in [-0.25, -0.2) is 4.39 Å². The number of methoxy groups -OCH3 is 1. The van der Waals surface area contributed by atoms with Gasteiger partial charge in [0.15, 0.2) is 0 Å². The third-order valence-electron chi connectivity index (χ3n) is 3.63. The minimum Gasteiger partial charge on any atom is -0.359 e. The molecular formula is C11H17FO2. The molecule has 0 N–H and O–H groups in total. The number of rotatable bonds is 3. The molecule has 3 aliphatic rings. The first-order chi connectivity index (χ1) is 6.60. The fraction of sp³-hybridized carbons (Fsp3) is 0.818. The van der Waals surface area contributed by atoms with Crippen molar-refractivity contribution in [3.05, 3.63) is 11.9 Å². The van der Waals surface area contributed by atoms with E-state index in [1.807, 2.05) is 6.92 Å². The number of allylic oxidation sites excluding steroid dienone is 1. The molecule has 0 saturated heterocycles. The van der Waals surface area contributed by atoms with E-state index < -0.39 is 0 Å². The van der Waals surface area contributed by atoms with Crippen molar-refractivity contribution in [2.45, 2.75) is 38.2 Å². The zero-order valence-electron chi connectivity index (χ0n) is 8.81. The van der Waals surface area contributed by atoms with Gasteiger partial charge in [0.2, 0.25) is 0 Å². The summed E-state index contributed by atoms with van der Waals surface area (Å²) in [6.07, 6.45) is 5.28. The van der Waals surface area contributed by atoms with E-state index in [2.05, 4.69) is 0 Å². The Hall–Kier alpha value is -0.410. The third kappa shape index (κ3) is 1.48. The Morgan fingerprint density at radius 1 is 1.36 bits per heavy atom. The molecule has 0 amide bonds. The average Bonchev–Trinajstić information content (AvgIpc) is 2.19. The van der Waals surface area contributed by atoms with Crippen molar-refractivity contribution in [2.24, 2.45) is 5.41 Å². The number of halogens is 1.